The van der Waals surface area contributed by atoms with Gasteiger partial charge in [0.15, 0.2) is 13.2 Å². The minimum Gasteiger partial charge on any atom is -0.462 e. The van der Waals surface area contributed by atoms with Crippen molar-refractivity contribution in [2.24, 2.45) is 50.6 Å². The number of ether oxygens (including phenoxy) is 3. The molecule has 11 nitrogen and oxygen atoms in total. The highest BCUT2D eigenvalue weighted by Gasteiger charge is 2.99. The van der Waals surface area contributed by atoms with Crippen molar-refractivity contribution < 1.29 is 42.3 Å². The van der Waals surface area contributed by atoms with E-state index in [0.717, 1.165) is 44.2 Å². The number of rotatable bonds is 1. The van der Waals surface area contributed by atoms with Crippen molar-refractivity contribution in [2.45, 2.75) is 107 Å². The van der Waals surface area contributed by atoms with Crippen LogP contribution in [0.15, 0.2) is 5.16 Å². The lowest BCUT2D eigenvalue weighted by atomic mass is 9.67. The first kappa shape index (κ1) is 33.6. The number of fused-ring (bicyclic) bond motifs is 3. The van der Waals surface area contributed by atoms with Crippen LogP contribution in [0.3, 0.4) is 0 Å². The Labute approximate surface area is 280 Å². The number of nitrogens with zero attached hydrogens (tertiary/aromatic N) is 2. The molecule has 5 aliphatic carbocycles. The van der Waals surface area contributed by atoms with E-state index in [2.05, 4.69) is 15.5 Å². The molecule has 2 spiro atoms. The van der Waals surface area contributed by atoms with E-state index in [1.807, 2.05) is 11.8 Å². The Kier molecular flexibility index (Phi) is 8.41. The number of aliphatic hydroxyl groups excluding tert-OH is 1. The maximum Gasteiger partial charge on any atom is 0.404 e. The zero-order chi connectivity index (χ0) is 33.5. The maximum atomic E-state index is 16.2. The van der Waals surface area contributed by atoms with Crippen LogP contribution >= 0.6 is 0 Å². The number of nitrogens with two attached hydrogens (primary N) is 2. The van der Waals surface area contributed by atoms with Crippen LogP contribution in [0.4, 0.5) is 13.2 Å². The number of hydrogen-bond acceptors (Lipinski definition) is 9. The van der Waals surface area contributed by atoms with Crippen LogP contribution in [-0.4, -0.2) is 123 Å². The van der Waals surface area contributed by atoms with Gasteiger partial charge < -0.3 is 40.9 Å². The van der Waals surface area contributed by atoms with Crippen molar-refractivity contribution in [3.63, 3.8) is 0 Å². The summed E-state index contributed by atoms with van der Waals surface area (Å²) in [5.41, 5.74) is 11.3. The normalized spacial score (nSPS) is 50.9. The molecule has 3 heterocycles. The van der Waals surface area contributed by atoms with Crippen LogP contribution in [0.5, 0.6) is 0 Å². The third-order valence-corrected chi connectivity index (χ3v) is 14.5. The van der Waals surface area contributed by atoms with Gasteiger partial charge in [0.25, 0.3) is 0 Å². The largest absolute Gasteiger partial charge is 0.462 e. The summed E-state index contributed by atoms with van der Waals surface area (Å²) in [6.45, 7) is 4.68. The minimum atomic E-state index is -4.47. The zero-order valence-corrected chi connectivity index (χ0v) is 28.1. The number of alkyl halides is 3. The molecule has 0 bridgehead atoms. The molecule has 0 radical (unpaired) electrons. The summed E-state index contributed by atoms with van der Waals surface area (Å²) in [4.78, 5) is 10.6. The number of oxime groups is 1. The average molecular weight is 684 g/mol. The SMILES string of the molecule is C/C1=N\OCCOCCOCC[NH+]=C(O)COC2CC[C@@]34C(CN)[C@]23[C@@]23CC2(CCC13)NCC1CC2C(N)CCCC2N1[C@H]4C(F)(F)F. The molecule has 7 N–H and O–H groups in total. The molecule has 5 saturated carbocycles. The Morgan fingerprint density at radius 3 is 2.67 bits per heavy atom. The van der Waals surface area contributed by atoms with E-state index in [1.54, 1.807) is 0 Å². The predicted molar refractivity (Wildman–Crippen MR) is 170 cm³/mol. The van der Waals surface area contributed by atoms with Gasteiger partial charge in [-0.15, -0.1) is 0 Å². The summed E-state index contributed by atoms with van der Waals surface area (Å²) in [5, 5.41) is 19.4. The van der Waals surface area contributed by atoms with Crippen molar-refractivity contribution in [1.82, 2.24) is 10.2 Å². The lowest BCUT2D eigenvalue weighted by Crippen LogP contribution is -2.75. The van der Waals surface area contributed by atoms with Crippen LogP contribution in [-0.2, 0) is 19.0 Å². The molecule has 0 aromatic heterocycles. The molecular weight excluding hydrogens is 629 g/mol. The molecule has 12 atom stereocenters. The lowest BCUT2D eigenvalue weighted by Gasteiger charge is -2.46. The minimum absolute atomic E-state index is 0.0486. The highest BCUT2D eigenvalue weighted by Crippen LogP contribution is 2.96. The smallest absolute Gasteiger partial charge is 0.404 e. The molecule has 0 amide bonds. The second kappa shape index (κ2) is 12.0. The number of halogens is 3. The van der Waals surface area contributed by atoms with Crippen molar-refractivity contribution in [3.8, 4) is 0 Å². The van der Waals surface area contributed by atoms with Crippen LogP contribution in [0.25, 0.3) is 0 Å². The van der Waals surface area contributed by atoms with E-state index < -0.39 is 40.5 Å². The van der Waals surface area contributed by atoms with Crippen LogP contribution in [0.1, 0.15) is 64.7 Å². The first-order valence-electron chi connectivity index (χ1n) is 18.4. The molecule has 2 saturated heterocycles. The monoisotopic (exact) mass is 683 g/mol. The van der Waals surface area contributed by atoms with E-state index in [9.17, 15) is 5.11 Å². The van der Waals surface area contributed by atoms with Crippen LogP contribution < -0.4 is 21.8 Å². The molecular formula is C34H54F3N6O5+. The van der Waals surface area contributed by atoms with E-state index >= 15 is 13.2 Å². The fourth-order valence-electron chi connectivity index (χ4n) is 13.3. The van der Waals surface area contributed by atoms with E-state index in [4.69, 9.17) is 30.5 Å². The average Bonchev–Trinajstić information content (AvgIpc) is 3.64. The lowest BCUT2D eigenvalue weighted by molar-refractivity contribution is -0.472. The van der Waals surface area contributed by atoms with Gasteiger partial charge >= 0.3 is 12.1 Å². The van der Waals surface area contributed by atoms with Crippen molar-refractivity contribution in [1.29, 1.82) is 0 Å². The summed E-state index contributed by atoms with van der Waals surface area (Å²) in [7, 11) is 0. The fourth-order valence-corrected chi connectivity index (χ4v) is 13.3. The number of nitrogens with one attached hydrogen (secondary N) is 2. The molecule has 14 heteroatoms. The quantitative estimate of drug-likeness (QED) is 0.271. The van der Waals surface area contributed by atoms with E-state index in [-0.39, 0.29) is 61.2 Å². The van der Waals surface area contributed by atoms with Gasteiger partial charge in [0.1, 0.15) is 19.3 Å². The first-order valence-corrected chi connectivity index (χ1v) is 18.4. The first-order chi connectivity index (χ1) is 23.1. The van der Waals surface area contributed by atoms with Gasteiger partial charge in [0.05, 0.1) is 31.6 Å². The highest BCUT2D eigenvalue weighted by molar-refractivity contribution is 5.87. The highest BCUT2D eigenvalue weighted by atomic mass is 19.4. The van der Waals surface area contributed by atoms with Gasteiger partial charge in [0, 0.05) is 52.4 Å². The van der Waals surface area contributed by atoms with Crippen molar-refractivity contribution in [2.75, 3.05) is 59.3 Å². The number of hydrogen-bond donors (Lipinski definition) is 5. The Morgan fingerprint density at radius 2 is 1.88 bits per heavy atom. The summed E-state index contributed by atoms with van der Waals surface area (Å²) in [6.07, 6.45) is 1.44. The molecule has 8 rings (SSSR count). The van der Waals surface area contributed by atoms with Gasteiger partial charge in [0.2, 0.25) is 0 Å². The van der Waals surface area contributed by atoms with Gasteiger partial charge in [-0.3, -0.25) is 4.90 Å². The van der Waals surface area contributed by atoms with Crippen molar-refractivity contribution in [3.05, 3.63) is 0 Å². The Bertz CT molecular complexity index is 1310. The summed E-state index contributed by atoms with van der Waals surface area (Å²) >= 11 is 0. The molecule has 0 aromatic carbocycles. The molecule has 8 aliphatic rings. The Hall–Kier alpha value is -1.55. The molecule has 270 valence electrons. The van der Waals surface area contributed by atoms with E-state index in [1.165, 1.54) is 0 Å². The predicted octanol–water partition coefficient (Wildman–Crippen LogP) is 0.846. The van der Waals surface area contributed by atoms with Crippen molar-refractivity contribution >= 4 is 11.6 Å². The Balaban J connectivity index is 1.27. The van der Waals surface area contributed by atoms with Crippen LogP contribution in [0.2, 0.25) is 0 Å². The number of aliphatic hydroxyl groups is 1. The van der Waals surface area contributed by atoms with Crippen LogP contribution in [0, 0.1) is 34.0 Å². The van der Waals surface area contributed by atoms with Gasteiger partial charge in [-0.25, -0.2) is 4.99 Å². The maximum absolute atomic E-state index is 16.2. The summed E-state index contributed by atoms with van der Waals surface area (Å²) < 4.78 is 66.5. The zero-order valence-electron chi connectivity index (χ0n) is 28.1. The second-order valence-electron chi connectivity index (χ2n) is 16.0. The second-order valence-corrected chi connectivity index (χ2v) is 16.0. The Morgan fingerprint density at radius 1 is 1.08 bits per heavy atom. The molecule has 3 aliphatic heterocycles. The van der Waals surface area contributed by atoms with Gasteiger partial charge in [-0.2, -0.15) is 13.2 Å². The fraction of sp³-hybridized carbons (Fsp3) is 0.941. The van der Waals surface area contributed by atoms with Gasteiger partial charge in [-0.1, -0.05) is 11.6 Å². The standard InChI is InChI=1S/C34H53F3N6O5/c1-20-23-5-7-30-19-32(23,30)33-26(16-38)31(33,8-6-27(33)47-18-28(44)40-9-10-45-11-12-46-13-14-48-42-20)29(34(35,36)37)43-21(17-41-30)15-22-24(39)3-2-4-25(22)43/h21-27,29,41H,2-19,38-39H2,1H3,(H,40,44)/p+1/b42-20+/t21?,22?,23?,24?,25?,26?,27?,29-,30?,31+,32-,33+/m1/s1. The summed E-state index contributed by atoms with van der Waals surface area (Å²) in [5.74, 6) is -0.480. The molecule has 7 fully saturated rings. The topological polar surface area (TPSA) is 151 Å². The third kappa shape index (κ3) is 4.51. The van der Waals surface area contributed by atoms with E-state index in [0.29, 0.717) is 58.8 Å². The summed E-state index contributed by atoms with van der Waals surface area (Å²) in [6, 6.07) is -2.19. The molecule has 8 unspecified atom stereocenters. The molecule has 0 aromatic rings. The third-order valence-electron chi connectivity index (χ3n) is 14.5. The molecule has 48 heavy (non-hydrogen) atoms. The van der Waals surface area contributed by atoms with Gasteiger partial charge in [-0.05, 0) is 76.7 Å².